The Morgan fingerprint density at radius 2 is 1.39 bits per heavy atom. The molecule has 0 bridgehead atoms. The van der Waals surface area contributed by atoms with Crippen molar-refractivity contribution in [3.8, 4) is 0 Å². The molecule has 0 aliphatic carbocycles. The fraction of sp³-hybridized carbons (Fsp3) is 0.129. The monoisotopic (exact) mass is 430 g/mol. The fourth-order valence-corrected chi connectivity index (χ4v) is 4.15. The van der Waals surface area contributed by atoms with Gasteiger partial charge in [-0.2, -0.15) is 0 Å². The van der Waals surface area contributed by atoms with E-state index in [0.29, 0.717) is 0 Å². The highest BCUT2D eigenvalue weighted by Crippen LogP contribution is 2.32. The van der Waals surface area contributed by atoms with Gasteiger partial charge in [0, 0.05) is 11.6 Å². The molecule has 162 valence electrons. The lowest BCUT2D eigenvalue weighted by molar-refractivity contribution is -0.342. The predicted molar refractivity (Wildman–Crippen MR) is 138 cm³/mol. The maximum Gasteiger partial charge on any atom is 0.211 e. The van der Waals surface area contributed by atoms with Crippen molar-refractivity contribution in [2.45, 2.75) is 26.7 Å². The summed E-state index contributed by atoms with van der Waals surface area (Å²) in [4.78, 5) is 3.34. The van der Waals surface area contributed by atoms with Gasteiger partial charge in [-0.25, -0.2) is 4.99 Å². The Bertz CT molecular complexity index is 1320. The first-order valence-electron chi connectivity index (χ1n) is 11.6. The molecule has 0 saturated heterocycles. The number of fused-ring (bicyclic) bond motifs is 1. The summed E-state index contributed by atoms with van der Waals surface area (Å²) in [6.07, 6.45) is 12.5. The molecule has 5 rings (SSSR count). The van der Waals surface area contributed by atoms with Crippen LogP contribution in [0.3, 0.4) is 0 Å². The molecule has 3 aromatic rings. The van der Waals surface area contributed by atoms with E-state index in [9.17, 15) is 0 Å². The van der Waals surface area contributed by atoms with Gasteiger partial charge in [0.1, 0.15) is 11.5 Å². The standard InChI is InChI=1S/C31H27NO/c1-3-22-9-13-24(14-10-22)27-19-28(18-17-26-21-32-30-8-6-5-7-29(26)30)33-31(20-27)25-15-11-23(4-2)12-16-25/h5-21H,3-4H2,1-2H3/p+1/b26-17+,28-18+. The smallest absolute Gasteiger partial charge is 0.211 e. The highest BCUT2D eigenvalue weighted by Gasteiger charge is 2.18. The Morgan fingerprint density at radius 3 is 2.09 bits per heavy atom. The number of allylic oxidation sites excluding steroid dienone is 6. The van der Waals surface area contributed by atoms with Crippen molar-refractivity contribution in [2.24, 2.45) is 0 Å². The molecule has 0 amide bonds. The number of rotatable bonds is 5. The van der Waals surface area contributed by atoms with Crippen LogP contribution in [0, 0.1) is 0 Å². The molecule has 0 radical (unpaired) electrons. The molecule has 1 N–H and O–H groups in total. The van der Waals surface area contributed by atoms with Crippen molar-refractivity contribution >= 4 is 28.8 Å². The molecule has 0 atom stereocenters. The Hall–Kier alpha value is -3.91. The summed E-state index contributed by atoms with van der Waals surface area (Å²) in [5.74, 6) is 1.69. The maximum absolute atomic E-state index is 6.36. The minimum atomic E-state index is 0.826. The van der Waals surface area contributed by atoms with Crippen LogP contribution in [0.1, 0.15) is 41.7 Å². The number of hydrogen-bond donors (Lipinski definition) is 1. The zero-order valence-corrected chi connectivity index (χ0v) is 19.1. The van der Waals surface area contributed by atoms with Gasteiger partial charge in [0.25, 0.3) is 0 Å². The van der Waals surface area contributed by atoms with Crippen molar-refractivity contribution in [2.75, 3.05) is 0 Å². The number of aryl methyl sites for hydroxylation is 2. The van der Waals surface area contributed by atoms with E-state index in [1.54, 1.807) is 0 Å². The van der Waals surface area contributed by atoms with Crippen LogP contribution in [0.15, 0.2) is 103 Å². The summed E-state index contributed by atoms with van der Waals surface area (Å²) < 4.78 is 6.36. The molecule has 2 nitrogen and oxygen atoms in total. The topological polar surface area (TPSA) is 23.2 Å². The van der Waals surface area contributed by atoms with Gasteiger partial charge >= 0.3 is 0 Å². The molecule has 33 heavy (non-hydrogen) atoms. The number of benzene rings is 3. The van der Waals surface area contributed by atoms with Crippen molar-refractivity contribution in [3.63, 3.8) is 0 Å². The van der Waals surface area contributed by atoms with Crippen LogP contribution in [-0.2, 0) is 17.6 Å². The third-order valence-corrected chi connectivity index (χ3v) is 6.20. The normalized spacial score (nSPS) is 17.0. The van der Waals surface area contributed by atoms with Gasteiger partial charge in [-0.15, -0.1) is 0 Å². The Balaban J connectivity index is 1.52. The molecule has 0 fully saturated rings. The van der Waals surface area contributed by atoms with Crippen LogP contribution in [-0.4, -0.2) is 6.21 Å². The van der Waals surface area contributed by atoms with Crippen LogP contribution < -0.4 is 4.99 Å². The van der Waals surface area contributed by atoms with E-state index in [1.807, 2.05) is 12.3 Å². The van der Waals surface area contributed by atoms with E-state index in [4.69, 9.17) is 4.74 Å². The van der Waals surface area contributed by atoms with Crippen LogP contribution in [0.4, 0.5) is 5.69 Å². The number of nitrogens with one attached hydrogen (secondary N) is 1. The third kappa shape index (κ3) is 4.51. The van der Waals surface area contributed by atoms with Gasteiger partial charge in [-0.05, 0) is 65.5 Å². The lowest BCUT2D eigenvalue weighted by Gasteiger charge is -2.18. The number of para-hydroxylation sites is 1. The van der Waals surface area contributed by atoms with Crippen LogP contribution in [0.25, 0.3) is 16.9 Å². The molecular formula is C31H28NO+. The second kappa shape index (κ2) is 9.30. The van der Waals surface area contributed by atoms with Crippen LogP contribution >= 0.6 is 0 Å². The van der Waals surface area contributed by atoms with E-state index in [0.717, 1.165) is 46.8 Å². The molecular weight excluding hydrogens is 402 g/mol. The first kappa shape index (κ1) is 21.0. The zero-order valence-electron chi connectivity index (χ0n) is 19.1. The predicted octanol–water partition coefficient (Wildman–Crippen LogP) is 6.03. The van der Waals surface area contributed by atoms with Crippen LogP contribution in [0.5, 0.6) is 0 Å². The molecule has 2 heteroatoms. The molecule has 0 spiro atoms. The van der Waals surface area contributed by atoms with Gasteiger partial charge in [0.15, 0.2) is 6.21 Å². The quantitative estimate of drug-likeness (QED) is 0.525. The zero-order chi connectivity index (χ0) is 22.6. The molecule has 2 aliphatic rings. The van der Waals surface area contributed by atoms with E-state index in [2.05, 4.69) is 110 Å². The van der Waals surface area contributed by atoms with Crippen molar-refractivity contribution < 1.29 is 9.73 Å². The second-order valence-electron chi connectivity index (χ2n) is 8.34. The fourth-order valence-electron chi connectivity index (χ4n) is 4.15. The maximum atomic E-state index is 6.36. The average Bonchev–Trinajstić information content (AvgIpc) is 3.30. The van der Waals surface area contributed by atoms with Crippen molar-refractivity contribution in [3.05, 3.63) is 131 Å². The minimum Gasteiger partial charge on any atom is -0.457 e. The summed E-state index contributed by atoms with van der Waals surface area (Å²) in [6, 6.07) is 25.8. The second-order valence-corrected chi connectivity index (χ2v) is 8.34. The third-order valence-electron chi connectivity index (χ3n) is 6.20. The summed E-state index contributed by atoms with van der Waals surface area (Å²) in [5.41, 5.74) is 9.58. The first-order chi connectivity index (χ1) is 16.2. The molecule has 2 heterocycles. The highest BCUT2D eigenvalue weighted by atomic mass is 16.5. The largest absolute Gasteiger partial charge is 0.457 e. The minimum absolute atomic E-state index is 0.826. The summed E-state index contributed by atoms with van der Waals surface area (Å²) >= 11 is 0. The van der Waals surface area contributed by atoms with E-state index >= 15 is 0 Å². The average molecular weight is 431 g/mol. The molecule has 0 unspecified atom stereocenters. The van der Waals surface area contributed by atoms with Gasteiger partial charge in [-0.3, -0.25) is 0 Å². The van der Waals surface area contributed by atoms with Gasteiger partial charge < -0.3 is 4.74 Å². The van der Waals surface area contributed by atoms with Crippen LogP contribution in [0.2, 0.25) is 0 Å². The highest BCUT2D eigenvalue weighted by molar-refractivity contribution is 6.11. The van der Waals surface area contributed by atoms with Gasteiger partial charge in [0.2, 0.25) is 5.69 Å². The van der Waals surface area contributed by atoms with E-state index < -0.39 is 0 Å². The molecule has 2 aliphatic heterocycles. The van der Waals surface area contributed by atoms with E-state index in [1.165, 1.54) is 22.3 Å². The SMILES string of the molecule is CCc1ccc(C2=C/C(=C\C=C3/C=[NH+]c4ccccc43)OC(c3ccc(CC)cc3)=C2)cc1. The Labute approximate surface area is 196 Å². The lowest BCUT2D eigenvalue weighted by atomic mass is 9.98. The van der Waals surface area contributed by atoms with Gasteiger partial charge in [0.05, 0.1) is 11.1 Å². The van der Waals surface area contributed by atoms with Gasteiger partial charge in [-0.1, -0.05) is 74.5 Å². The van der Waals surface area contributed by atoms with E-state index in [-0.39, 0.29) is 0 Å². The number of ether oxygens (including phenoxy) is 1. The summed E-state index contributed by atoms with van der Waals surface area (Å²) in [6.45, 7) is 4.36. The Morgan fingerprint density at radius 1 is 0.727 bits per heavy atom. The summed E-state index contributed by atoms with van der Waals surface area (Å²) in [7, 11) is 0. The van der Waals surface area contributed by atoms with Crippen molar-refractivity contribution in [1.82, 2.24) is 0 Å². The Kier molecular flexibility index (Phi) is 5.91. The molecule has 3 aromatic carbocycles. The molecule has 0 saturated carbocycles. The first-order valence-corrected chi connectivity index (χ1v) is 11.6. The summed E-state index contributed by atoms with van der Waals surface area (Å²) in [5, 5.41) is 0. The lowest BCUT2D eigenvalue weighted by Crippen LogP contribution is -2.58. The number of hydrogen-bond acceptors (Lipinski definition) is 1. The van der Waals surface area contributed by atoms with Crippen molar-refractivity contribution in [1.29, 1.82) is 0 Å². The molecule has 0 aromatic heterocycles.